The van der Waals surface area contributed by atoms with Crippen molar-refractivity contribution < 1.29 is 18.4 Å². The van der Waals surface area contributed by atoms with Crippen LogP contribution in [-0.4, -0.2) is 62.8 Å². The summed E-state index contributed by atoms with van der Waals surface area (Å²) in [4.78, 5) is 33.9. The molecule has 0 bridgehead atoms. The fraction of sp³-hybridized carbons (Fsp3) is 0.250. The highest BCUT2D eigenvalue weighted by molar-refractivity contribution is 6.00. The van der Waals surface area contributed by atoms with E-state index in [4.69, 9.17) is 8.83 Å². The van der Waals surface area contributed by atoms with Crippen molar-refractivity contribution in [3.8, 4) is 22.6 Å². The molecule has 42 heavy (non-hydrogen) atoms. The van der Waals surface area contributed by atoms with Crippen LogP contribution < -0.4 is 21.3 Å². The van der Waals surface area contributed by atoms with Crippen LogP contribution in [0, 0.1) is 0 Å². The molecule has 10 heteroatoms. The molecule has 4 heterocycles. The number of nitrogens with zero attached hydrogens (tertiary/aromatic N) is 2. The summed E-state index contributed by atoms with van der Waals surface area (Å²) in [5.74, 6) is 3.05. The van der Waals surface area contributed by atoms with Crippen molar-refractivity contribution in [1.29, 1.82) is 0 Å². The number of hydrogen-bond donors (Lipinski definition) is 4. The van der Waals surface area contributed by atoms with Gasteiger partial charge in [-0.25, -0.2) is 0 Å². The zero-order valence-electron chi connectivity index (χ0n) is 23.1. The average molecular weight is 565 g/mol. The van der Waals surface area contributed by atoms with E-state index in [1.165, 1.54) is 0 Å². The molecule has 0 spiro atoms. The smallest absolute Gasteiger partial charge is 0.287 e. The minimum absolute atomic E-state index is 0.261. The molecular formula is C32H32N6O4. The van der Waals surface area contributed by atoms with Gasteiger partial charge < -0.3 is 30.1 Å². The molecule has 0 fully saturated rings. The van der Waals surface area contributed by atoms with Gasteiger partial charge in [0.1, 0.15) is 23.2 Å². The van der Waals surface area contributed by atoms with Gasteiger partial charge in [0.2, 0.25) is 0 Å². The molecule has 2 aromatic heterocycles. The van der Waals surface area contributed by atoms with E-state index < -0.39 is 0 Å². The number of carbonyl (C=O) groups excluding carboxylic acids is 2. The summed E-state index contributed by atoms with van der Waals surface area (Å²) in [6, 6.07) is 22.7. The molecule has 0 saturated carbocycles. The van der Waals surface area contributed by atoms with E-state index in [-0.39, 0.29) is 23.3 Å². The highest BCUT2D eigenvalue weighted by Gasteiger charge is 2.15. The SMILES string of the molecule is O=C(NCCCCNC(=O)c1ccc(-c2ccc(C3=NCCN3)cc2)o1)c1ccc(-c2ccc(C3=NCCN3)cc2)o1. The van der Waals surface area contributed by atoms with Crippen molar-refractivity contribution in [1.82, 2.24) is 21.3 Å². The van der Waals surface area contributed by atoms with Crippen LogP contribution in [-0.2, 0) is 0 Å². The number of hydrogen-bond acceptors (Lipinski definition) is 8. The summed E-state index contributed by atoms with van der Waals surface area (Å²) >= 11 is 0. The van der Waals surface area contributed by atoms with Gasteiger partial charge in [0.25, 0.3) is 11.8 Å². The first-order chi connectivity index (χ1) is 20.6. The van der Waals surface area contributed by atoms with Crippen molar-refractivity contribution in [2.75, 3.05) is 39.3 Å². The Balaban J connectivity index is 0.907. The zero-order valence-corrected chi connectivity index (χ0v) is 23.1. The molecule has 6 rings (SSSR count). The van der Waals surface area contributed by atoms with E-state index in [0.29, 0.717) is 37.5 Å². The van der Waals surface area contributed by atoms with Gasteiger partial charge in [-0.3, -0.25) is 19.6 Å². The van der Waals surface area contributed by atoms with Gasteiger partial charge >= 0.3 is 0 Å². The second-order valence-electron chi connectivity index (χ2n) is 10.0. The minimum Gasteiger partial charge on any atom is -0.451 e. The van der Waals surface area contributed by atoms with Crippen LogP contribution in [0.4, 0.5) is 0 Å². The lowest BCUT2D eigenvalue weighted by atomic mass is 10.1. The van der Waals surface area contributed by atoms with Gasteiger partial charge in [0.05, 0.1) is 13.1 Å². The third-order valence-electron chi connectivity index (χ3n) is 7.07. The minimum atomic E-state index is -0.268. The molecule has 4 aromatic rings. The fourth-order valence-corrected chi connectivity index (χ4v) is 4.83. The van der Waals surface area contributed by atoms with Crippen molar-refractivity contribution in [2.45, 2.75) is 12.8 Å². The van der Waals surface area contributed by atoms with Crippen LogP contribution in [0.3, 0.4) is 0 Å². The van der Waals surface area contributed by atoms with E-state index in [2.05, 4.69) is 31.3 Å². The lowest BCUT2D eigenvalue weighted by Crippen LogP contribution is -2.27. The lowest BCUT2D eigenvalue weighted by molar-refractivity contribution is 0.0913. The summed E-state index contributed by atoms with van der Waals surface area (Å²) in [6.45, 7) is 4.25. The fourth-order valence-electron chi connectivity index (χ4n) is 4.83. The normalized spacial score (nSPS) is 14.1. The Labute approximate surface area is 243 Å². The first-order valence-corrected chi connectivity index (χ1v) is 14.2. The Hall–Kier alpha value is -5.12. The molecule has 2 aromatic carbocycles. The second kappa shape index (κ2) is 12.6. The topological polar surface area (TPSA) is 133 Å². The third kappa shape index (κ3) is 6.27. The Morgan fingerprint density at radius 2 is 1.00 bits per heavy atom. The van der Waals surface area contributed by atoms with Gasteiger partial charge in [0.15, 0.2) is 11.5 Å². The molecule has 0 saturated heterocycles. The lowest BCUT2D eigenvalue weighted by Gasteiger charge is -2.05. The molecule has 2 amide bonds. The van der Waals surface area contributed by atoms with Crippen molar-refractivity contribution in [3.63, 3.8) is 0 Å². The van der Waals surface area contributed by atoms with Gasteiger partial charge in [0, 0.05) is 48.4 Å². The maximum Gasteiger partial charge on any atom is 0.287 e. The summed E-state index contributed by atoms with van der Waals surface area (Å²) in [6.07, 6.45) is 1.41. The number of aliphatic imine (C=N–C) groups is 2. The third-order valence-corrected chi connectivity index (χ3v) is 7.07. The van der Waals surface area contributed by atoms with Crippen LogP contribution in [0.2, 0.25) is 0 Å². The highest BCUT2D eigenvalue weighted by atomic mass is 16.4. The second-order valence-corrected chi connectivity index (χ2v) is 10.0. The predicted molar refractivity (Wildman–Crippen MR) is 161 cm³/mol. The van der Waals surface area contributed by atoms with Gasteiger partial charge in [-0.2, -0.15) is 0 Å². The molecular weight excluding hydrogens is 532 g/mol. The van der Waals surface area contributed by atoms with Crippen molar-refractivity contribution in [3.05, 3.63) is 95.4 Å². The number of nitrogens with one attached hydrogen (secondary N) is 4. The van der Waals surface area contributed by atoms with E-state index in [1.807, 2.05) is 48.5 Å². The quantitative estimate of drug-likeness (QED) is 0.205. The molecule has 0 aliphatic carbocycles. The maximum atomic E-state index is 12.5. The summed E-state index contributed by atoms with van der Waals surface area (Å²) in [5, 5.41) is 12.3. The first-order valence-electron chi connectivity index (χ1n) is 14.2. The van der Waals surface area contributed by atoms with Crippen molar-refractivity contribution >= 4 is 23.5 Å². The molecule has 4 N–H and O–H groups in total. The number of carbonyl (C=O) groups is 2. The highest BCUT2D eigenvalue weighted by Crippen LogP contribution is 2.24. The number of furan rings is 2. The molecule has 2 aliphatic rings. The van der Waals surface area contributed by atoms with E-state index in [1.54, 1.807) is 24.3 Å². The van der Waals surface area contributed by atoms with Crippen LogP contribution in [0.15, 0.2) is 91.6 Å². The molecule has 0 atom stereocenters. The largest absolute Gasteiger partial charge is 0.451 e. The van der Waals surface area contributed by atoms with Gasteiger partial charge in [-0.1, -0.05) is 48.5 Å². The molecule has 0 unspecified atom stereocenters. The van der Waals surface area contributed by atoms with E-state index in [9.17, 15) is 9.59 Å². The van der Waals surface area contributed by atoms with Crippen LogP contribution in [0.25, 0.3) is 22.6 Å². The number of unbranched alkanes of at least 4 members (excludes halogenated alkanes) is 1. The molecule has 2 aliphatic heterocycles. The molecule has 0 radical (unpaired) electrons. The Kier molecular flexibility index (Phi) is 8.12. The van der Waals surface area contributed by atoms with Gasteiger partial charge in [-0.15, -0.1) is 0 Å². The molecule has 10 nitrogen and oxygen atoms in total. The molecule has 214 valence electrons. The Bertz CT molecular complexity index is 1490. The Morgan fingerprint density at radius 3 is 1.38 bits per heavy atom. The van der Waals surface area contributed by atoms with E-state index in [0.717, 1.165) is 60.1 Å². The monoisotopic (exact) mass is 564 g/mol. The van der Waals surface area contributed by atoms with Crippen LogP contribution in [0.1, 0.15) is 45.1 Å². The van der Waals surface area contributed by atoms with Crippen LogP contribution in [0.5, 0.6) is 0 Å². The van der Waals surface area contributed by atoms with Crippen LogP contribution >= 0.6 is 0 Å². The summed E-state index contributed by atoms with van der Waals surface area (Å²) in [5.41, 5.74) is 3.84. The predicted octanol–water partition coefficient (Wildman–Crippen LogP) is 3.85. The first kappa shape index (κ1) is 27.1. The standard InChI is InChI=1S/C32H32N6O4/c39-31(27-13-11-25(41-27)21-3-7-23(8-4-21)29-33-17-18-34-29)37-15-1-2-16-38-32(40)28-14-12-26(42-28)22-5-9-24(10-6-22)30-35-19-20-36-30/h3-14H,1-2,15-20H2,(H,33,34)(H,35,36)(H,37,39)(H,38,40). The van der Waals surface area contributed by atoms with E-state index >= 15 is 0 Å². The average Bonchev–Trinajstić information content (AvgIpc) is 3.86. The Morgan fingerprint density at radius 1 is 0.595 bits per heavy atom. The number of benzene rings is 2. The number of amides is 2. The van der Waals surface area contributed by atoms with Crippen molar-refractivity contribution in [2.24, 2.45) is 9.98 Å². The number of amidine groups is 2. The summed E-state index contributed by atoms with van der Waals surface area (Å²) in [7, 11) is 0. The maximum absolute atomic E-state index is 12.5. The van der Waals surface area contributed by atoms with Gasteiger partial charge in [-0.05, 0) is 37.1 Å². The number of rotatable bonds is 11. The zero-order chi connectivity index (χ0) is 28.7. The summed E-state index contributed by atoms with van der Waals surface area (Å²) < 4.78 is 11.6.